The van der Waals surface area contributed by atoms with Crippen molar-refractivity contribution >= 4 is 11.6 Å². The molecule has 1 aromatic carbocycles. The average Bonchev–Trinajstić information content (AvgIpc) is 2.18. The fourth-order valence-corrected chi connectivity index (χ4v) is 1.41. The molecule has 1 rings (SSSR count). The molecule has 0 radical (unpaired) electrons. The van der Waals surface area contributed by atoms with Gasteiger partial charge in [0.15, 0.2) is 11.6 Å². The molecular formula is C10H12ClF2N. The Kier molecular flexibility index (Phi) is 3.84. The highest BCUT2D eigenvalue weighted by Crippen LogP contribution is 2.23. The lowest BCUT2D eigenvalue weighted by molar-refractivity contribution is 0.485. The van der Waals surface area contributed by atoms with Gasteiger partial charge in [-0.05, 0) is 31.0 Å². The molecule has 0 saturated carbocycles. The first-order valence-corrected chi connectivity index (χ1v) is 4.76. The van der Waals surface area contributed by atoms with Crippen LogP contribution < -0.4 is 5.73 Å². The van der Waals surface area contributed by atoms with Gasteiger partial charge in [0.25, 0.3) is 0 Å². The van der Waals surface area contributed by atoms with Gasteiger partial charge in [0.2, 0.25) is 0 Å². The quantitative estimate of drug-likeness (QED) is 0.778. The zero-order valence-corrected chi connectivity index (χ0v) is 8.61. The minimum atomic E-state index is -0.867. The summed E-state index contributed by atoms with van der Waals surface area (Å²) in [6.07, 6.45) is 0.360. The second-order valence-electron chi connectivity index (χ2n) is 3.37. The van der Waals surface area contributed by atoms with Crippen molar-refractivity contribution in [2.75, 3.05) is 6.54 Å². The Bertz CT molecular complexity index is 328. The van der Waals surface area contributed by atoms with Crippen LogP contribution in [0.1, 0.15) is 12.5 Å². The maximum Gasteiger partial charge on any atom is 0.163 e. The fourth-order valence-electron chi connectivity index (χ4n) is 1.19. The Morgan fingerprint density at radius 3 is 2.64 bits per heavy atom. The van der Waals surface area contributed by atoms with Gasteiger partial charge in [-0.1, -0.05) is 18.5 Å². The monoisotopic (exact) mass is 219 g/mol. The molecule has 1 unspecified atom stereocenters. The van der Waals surface area contributed by atoms with Crippen LogP contribution in [0.4, 0.5) is 8.78 Å². The van der Waals surface area contributed by atoms with Crippen molar-refractivity contribution in [1.82, 2.24) is 0 Å². The van der Waals surface area contributed by atoms with E-state index in [4.69, 9.17) is 17.3 Å². The minimum Gasteiger partial charge on any atom is -0.330 e. The molecule has 1 atom stereocenters. The summed E-state index contributed by atoms with van der Waals surface area (Å²) in [5.74, 6) is -1.64. The summed E-state index contributed by atoms with van der Waals surface area (Å²) in [6.45, 7) is 2.28. The predicted octanol–water partition coefficient (Wildman–Crippen LogP) is 2.76. The van der Waals surface area contributed by atoms with Crippen LogP contribution in [0.15, 0.2) is 12.1 Å². The summed E-state index contributed by atoms with van der Waals surface area (Å²) >= 11 is 5.76. The fraction of sp³-hybridized carbons (Fsp3) is 0.400. The van der Waals surface area contributed by atoms with E-state index in [-0.39, 0.29) is 16.5 Å². The van der Waals surface area contributed by atoms with Crippen LogP contribution in [0.25, 0.3) is 0 Å². The van der Waals surface area contributed by atoms with Crippen molar-refractivity contribution in [3.05, 3.63) is 34.4 Å². The van der Waals surface area contributed by atoms with E-state index in [0.717, 1.165) is 6.07 Å². The summed E-state index contributed by atoms with van der Waals surface area (Å²) < 4.78 is 26.1. The number of hydrogen-bond acceptors (Lipinski definition) is 1. The van der Waals surface area contributed by atoms with Crippen molar-refractivity contribution < 1.29 is 8.78 Å². The van der Waals surface area contributed by atoms with Crippen molar-refractivity contribution in [1.29, 1.82) is 0 Å². The van der Waals surface area contributed by atoms with Gasteiger partial charge in [0.1, 0.15) is 0 Å². The first-order valence-electron chi connectivity index (χ1n) is 4.38. The molecule has 2 N–H and O–H groups in total. The molecule has 0 aliphatic carbocycles. The van der Waals surface area contributed by atoms with Gasteiger partial charge in [-0.2, -0.15) is 0 Å². The summed E-state index contributed by atoms with van der Waals surface area (Å²) in [7, 11) is 0. The maximum atomic E-state index is 13.3. The third-order valence-electron chi connectivity index (χ3n) is 2.09. The van der Waals surface area contributed by atoms with Crippen LogP contribution in [0, 0.1) is 17.6 Å². The SMILES string of the molecule is CC(CN)Cc1c(Cl)ccc(F)c1F. The molecule has 0 saturated heterocycles. The number of rotatable bonds is 3. The van der Waals surface area contributed by atoms with Crippen LogP contribution in [0.5, 0.6) is 0 Å². The normalized spacial score (nSPS) is 12.9. The van der Waals surface area contributed by atoms with E-state index in [1.165, 1.54) is 6.07 Å². The second-order valence-corrected chi connectivity index (χ2v) is 3.77. The molecule has 1 aromatic rings. The number of nitrogens with two attached hydrogens (primary N) is 1. The molecule has 14 heavy (non-hydrogen) atoms. The van der Waals surface area contributed by atoms with Gasteiger partial charge < -0.3 is 5.73 Å². The molecule has 0 aromatic heterocycles. The first-order chi connectivity index (χ1) is 6.56. The lowest BCUT2D eigenvalue weighted by Crippen LogP contribution is -2.14. The Morgan fingerprint density at radius 2 is 2.07 bits per heavy atom. The first kappa shape index (κ1) is 11.4. The molecule has 0 fully saturated rings. The second kappa shape index (κ2) is 4.71. The Hall–Kier alpha value is -0.670. The van der Waals surface area contributed by atoms with Crippen LogP contribution in [0.2, 0.25) is 5.02 Å². The number of halogens is 3. The number of benzene rings is 1. The third kappa shape index (κ3) is 2.42. The molecule has 0 amide bonds. The Labute approximate surface area is 86.9 Å². The molecule has 0 aliphatic rings. The van der Waals surface area contributed by atoms with Crippen LogP contribution in [0.3, 0.4) is 0 Å². The Balaban J connectivity index is 3.00. The van der Waals surface area contributed by atoms with Crippen LogP contribution >= 0.6 is 11.6 Å². The van der Waals surface area contributed by atoms with Gasteiger partial charge in [0.05, 0.1) is 0 Å². The average molecular weight is 220 g/mol. The molecule has 78 valence electrons. The molecule has 0 heterocycles. The number of hydrogen-bond donors (Lipinski definition) is 1. The van der Waals surface area contributed by atoms with E-state index in [1.807, 2.05) is 6.92 Å². The maximum absolute atomic E-state index is 13.3. The van der Waals surface area contributed by atoms with E-state index >= 15 is 0 Å². The molecule has 4 heteroatoms. The van der Waals surface area contributed by atoms with Crippen molar-refractivity contribution in [2.45, 2.75) is 13.3 Å². The van der Waals surface area contributed by atoms with Crippen molar-refractivity contribution in [3.8, 4) is 0 Å². The van der Waals surface area contributed by atoms with E-state index < -0.39 is 11.6 Å². The zero-order valence-electron chi connectivity index (χ0n) is 7.86. The van der Waals surface area contributed by atoms with E-state index in [9.17, 15) is 8.78 Å². The highest BCUT2D eigenvalue weighted by atomic mass is 35.5. The van der Waals surface area contributed by atoms with Crippen molar-refractivity contribution in [3.63, 3.8) is 0 Å². The van der Waals surface area contributed by atoms with Gasteiger partial charge in [0, 0.05) is 10.6 Å². The molecular weight excluding hydrogens is 208 g/mol. The molecule has 0 bridgehead atoms. The lowest BCUT2D eigenvalue weighted by Gasteiger charge is -2.11. The molecule has 1 nitrogen and oxygen atoms in total. The topological polar surface area (TPSA) is 26.0 Å². The largest absolute Gasteiger partial charge is 0.330 e. The summed E-state index contributed by atoms with van der Waals surface area (Å²) in [5.41, 5.74) is 5.61. The molecule has 0 aliphatic heterocycles. The van der Waals surface area contributed by atoms with Gasteiger partial charge in [-0.3, -0.25) is 0 Å². The van der Waals surface area contributed by atoms with Gasteiger partial charge in [-0.25, -0.2) is 8.78 Å². The highest BCUT2D eigenvalue weighted by Gasteiger charge is 2.14. The van der Waals surface area contributed by atoms with E-state index in [2.05, 4.69) is 0 Å². The van der Waals surface area contributed by atoms with Gasteiger partial charge in [-0.15, -0.1) is 0 Å². The predicted molar refractivity (Wildman–Crippen MR) is 53.3 cm³/mol. The Morgan fingerprint density at radius 1 is 1.43 bits per heavy atom. The smallest absolute Gasteiger partial charge is 0.163 e. The van der Waals surface area contributed by atoms with Gasteiger partial charge >= 0.3 is 0 Å². The molecule has 0 spiro atoms. The van der Waals surface area contributed by atoms with Crippen molar-refractivity contribution in [2.24, 2.45) is 11.7 Å². The van der Waals surface area contributed by atoms with E-state index in [0.29, 0.717) is 13.0 Å². The van der Waals surface area contributed by atoms with Crippen LogP contribution in [-0.4, -0.2) is 6.54 Å². The summed E-state index contributed by atoms with van der Waals surface area (Å²) in [4.78, 5) is 0. The summed E-state index contributed by atoms with van der Waals surface area (Å²) in [6, 6.07) is 2.38. The standard InChI is InChI=1S/C10H12ClF2N/c1-6(5-14)4-7-8(11)2-3-9(12)10(7)13/h2-3,6H,4-5,14H2,1H3. The van der Waals surface area contributed by atoms with Crippen LogP contribution in [-0.2, 0) is 6.42 Å². The minimum absolute atomic E-state index is 0.0869. The lowest BCUT2D eigenvalue weighted by atomic mass is 10.0. The summed E-state index contributed by atoms with van der Waals surface area (Å²) in [5, 5.41) is 0.254. The van der Waals surface area contributed by atoms with E-state index in [1.54, 1.807) is 0 Å². The third-order valence-corrected chi connectivity index (χ3v) is 2.45. The zero-order chi connectivity index (χ0) is 10.7. The highest BCUT2D eigenvalue weighted by molar-refractivity contribution is 6.31.